The van der Waals surface area contributed by atoms with Crippen LogP contribution >= 0.6 is 0 Å². The largest absolute Gasteiger partial charge is 0.443 e. The maximum atomic E-state index is 15.1. The van der Waals surface area contributed by atoms with Crippen molar-refractivity contribution in [2.45, 2.75) is 6.61 Å². The molecular weight excluding hydrogens is 429 g/mol. The number of nitrogens with two attached hydrogens (primary N) is 2. The van der Waals surface area contributed by atoms with Crippen molar-refractivity contribution in [1.82, 2.24) is 4.98 Å². The van der Waals surface area contributed by atoms with Gasteiger partial charge in [-0.3, -0.25) is 0 Å². The van der Waals surface area contributed by atoms with Crippen molar-refractivity contribution >= 4 is 29.2 Å². The minimum Gasteiger partial charge on any atom is -0.443 e. The maximum absolute atomic E-state index is 15.1. The van der Waals surface area contributed by atoms with E-state index in [1.165, 1.54) is 0 Å². The van der Waals surface area contributed by atoms with Crippen LogP contribution in [0, 0.1) is 5.82 Å². The van der Waals surface area contributed by atoms with Crippen LogP contribution in [0.5, 0.6) is 0 Å². The number of rotatable bonds is 5. The SMILES string of the molecule is NC(N)=NC(=O)OCc1cccc(N2CCN(c3ccc(N4CCOCC4)nc3)CC2)c1F. The topological polar surface area (TPSA) is 123 Å². The van der Waals surface area contributed by atoms with Gasteiger partial charge in [0.2, 0.25) is 0 Å². The number of morpholine rings is 1. The highest BCUT2D eigenvalue weighted by atomic mass is 19.1. The number of halogens is 1. The van der Waals surface area contributed by atoms with E-state index in [0.29, 0.717) is 18.8 Å². The zero-order valence-corrected chi connectivity index (χ0v) is 18.3. The van der Waals surface area contributed by atoms with E-state index in [0.717, 1.165) is 50.9 Å². The quantitative estimate of drug-likeness (QED) is 0.505. The summed E-state index contributed by atoms with van der Waals surface area (Å²) in [7, 11) is 0. The molecule has 10 nitrogen and oxygen atoms in total. The predicted molar refractivity (Wildman–Crippen MR) is 124 cm³/mol. The Morgan fingerprint density at radius 2 is 1.76 bits per heavy atom. The van der Waals surface area contributed by atoms with Gasteiger partial charge in [-0.1, -0.05) is 12.1 Å². The molecule has 2 aromatic rings. The van der Waals surface area contributed by atoms with Gasteiger partial charge in [-0.15, -0.1) is 4.99 Å². The third kappa shape index (κ3) is 5.61. The molecule has 2 fully saturated rings. The zero-order valence-electron chi connectivity index (χ0n) is 18.3. The lowest BCUT2D eigenvalue weighted by Crippen LogP contribution is -2.47. The molecule has 0 unspecified atom stereocenters. The van der Waals surface area contributed by atoms with Gasteiger partial charge in [0.05, 0.1) is 30.8 Å². The van der Waals surface area contributed by atoms with E-state index in [2.05, 4.69) is 25.8 Å². The highest BCUT2D eigenvalue weighted by Gasteiger charge is 2.22. The summed E-state index contributed by atoms with van der Waals surface area (Å²) in [5.41, 5.74) is 12.1. The number of benzene rings is 1. The summed E-state index contributed by atoms with van der Waals surface area (Å²) in [6.45, 7) is 5.68. The number of ether oxygens (including phenoxy) is 2. The first-order valence-electron chi connectivity index (χ1n) is 10.8. The maximum Gasteiger partial charge on any atom is 0.437 e. The Labute approximate surface area is 191 Å². The van der Waals surface area contributed by atoms with E-state index in [9.17, 15) is 4.79 Å². The summed E-state index contributed by atoms with van der Waals surface area (Å²) in [6.07, 6.45) is 0.939. The molecule has 0 radical (unpaired) electrons. The number of carbonyl (C=O) groups is 1. The van der Waals surface area contributed by atoms with Crippen LogP contribution in [0.2, 0.25) is 0 Å². The summed E-state index contributed by atoms with van der Waals surface area (Å²) in [5, 5.41) is 0. The fourth-order valence-corrected chi connectivity index (χ4v) is 3.95. The molecule has 0 atom stereocenters. The Balaban J connectivity index is 1.35. The van der Waals surface area contributed by atoms with Gasteiger partial charge >= 0.3 is 6.09 Å². The van der Waals surface area contributed by atoms with E-state index >= 15 is 4.39 Å². The summed E-state index contributed by atoms with van der Waals surface area (Å²) >= 11 is 0. The van der Waals surface area contributed by atoms with E-state index in [1.54, 1.807) is 18.2 Å². The van der Waals surface area contributed by atoms with Crippen molar-refractivity contribution < 1.29 is 18.7 Å². The Bertz CT molecular complexity index is 984. The van der Waals surface area contributed by atoms with Gasteiger partial charge in [0.1, 0.15) is 12.4 Å². The molecule has 1 aromatic carbocycles. The van der Waals surface area contributed by atoms with Gasteiger partial charge in [-0.2, -0.15) is 0 Å². The number of piperazine rings is 1. The molecule has 0 bridgehead atoms. The van der Waals surface area contributed by atoms with Crippen LogP contribution in [0.15, 0.2) is 41.5 Å². The summed E-state index contributed by atoms with van der Waals surface area (Å²) in [5.74, 6) is 0.137. The standard InChI is InChI=1S/C22H28FN7O3/c23-20-16(15-33-22(31)27-21(24)25)2-1-3-18(20)29-8-6-28(7-9-29)17-4-5-19(26-14-17)30-10-12-32-13-11-30/h1-5,14H,6-13,15H2,(H4,24,25,27,31). The molecule has 2 aliphatic rings. The van der Waals surface area contributed by atoms with Gasteiger partial charge in [0, 0.05) is 44.8 Å². The van der Waals surface area contributed by atoms with Crippen molar-refractivity contribution in [3.8, 4) is 0 Å². The third-order valence-corrected chi connectivity index (χ3v) is 5.68. The summed E-state index contributed by atoms with van der Waals surface area (Å²) in [4.78, 5) is 25.8. The number of aliphatic imine (C=N–C) groups is 1. The second-order valence-corrected chi connectivity index (χ2v) is 7.79. The van der Waals surface area contributed by atoms with Crippen LogP contribution in [0.25, 0.3) is 0 Å². The zero-order chi connectivity index (χ0) is 23.2. The van der Waals surface area contributed by atoms with E-state index in [1.807, 2.05) is 17.2 Å². The van der Waals surface area contributed by atoms with E-state index in [-0.39, 0.29) is 12.2 Å². The van der Waals surface area contributed by atoms with Crippen LogP contribution in [0.4, 0.5) is 26.4 Å². The van der Waals surface area contributed by atoms with E-state index < -0.39 is 17.9 Å². The smallest absolute Gasteiger partial charge is 0.437 e. The fourth-order valence-electron chi connectivity index (χ4n) is 3.95. The van der Waals surface area contributed by atoms with Crippen molar-refractivity contribution in [2.75, 3.05) is 67.2 Å². The molecule has 1 amide bonds. The van der Waals surface area contributed by atoms with Crippen LogP contribution in [0.1, 0.15) is 5.56 Å². The Morgan fingerprint density at radius 1 is 1.03 bits per heavy atom. The fraction of sp³-hybridized carbons (Fsp3) is 0.409. The Morgan fingerprint density at radius 3 is 2.42 bits per heavy atom. The van der Waals surface area contributed by atoms with Crippen molar-refractivity contribution in [1.29, 1.82) is 0 Å². The average Bonchev–Trinajstić information content (AvgIpc) is 2.84. The Kier molecular flexibility index (Phi) is 7.08. The highest BCUT2D eigenvalue weighted by Crippen LogP contribution is 2.26. The number of aromatic nitrogens is 1. The number of guanidine groups is 1. The predicted octanol–water partition coefficient (Wildman–Crippen LogP) is 1.29. The number of hydrogen-bond donors (Lipinski definition) is 2. The monoisotopic (exact) mass is 457 g/mol. The molecule has 2 aliphatic heterocycles. The number of hydrogen-bond acceptors (Lipinski definition) is 7. The molecule has 176 valence electrons. The molecule has 0 aliphatic carbocycles. The van der Waals surface area contributed by atoms with Crippen LogP contribution in [-0.4, -0.2) is 69.5 Å². The lowest BCUT2D eigenvalue weighted by Gasteiger charge is -2.37. The summed E-state index contributed by atoms with van der Waals surface area (Å²) < 4.78 is 25.4. The molecule has 2 saturated heterocycles. The van der Waals surface area contributed by atoms with Gasteiger partial charge in [0.15, 0.2) is 11.8 Å². The molecule has 4 rings (SSSR count). The van der Waals surface area contributed by atoms with E-state index in [4.69, 9.17) is 20.9 Å². The lowest BCUT2D eigenvalue weighted by molar-refractivity contribution is 0.122. The first-order chi connectivity index (χ1) is 16.0. The van der Waals surface area contributed by atoms with Gasteiger partial charge in [0.25, 0.3) is 0 Å². The number of carbonyl (C=O) groups excluding carboxylic acids is 1. The molecule has 0 saturated carbocycles. The third-order valence-electron chi connectivity index (χ3n) is 5.68. The van der Waals surface area contributed by atoms with Crippen molar-refractivity contribution in [2.24, 2.45) is 16.5 Å². The highest BCUT2D eigenvalue weighted by molar-refractivity contribution is 5.87. The molecular formula is C22H28FN7O3. The number of anilines is 3. The van der Waals surface area contributed by atoms with Crippen LogP contribution in [0.3, 0.4) is 0 Å². The molecule has 33 heavy (non-hydrogen) atoms. The molecule has 4 N–H and O–H groups in total. The van der Waals surface area contributed by atoms with Crippen molar-refractivity contribution in [3.63, 3.8) is 0 Å². The lowest BCUT2D eigenvalue weighted by atomic mass is 10.1. The van der Waals surface area contributed by atoms with Gasteiger partial charge in [-0.05, 0) is 18.2 Å². The first-order valence-corrected chi connectivity index (χ1v) is 10.8. The molecule has 3 heterocycles. The second-order valence-electron chi connectivity index (χ2n) is 7.79. The average molecular weight is 458 g/mol. The van der Waals surface area contributed by atoms with Crippen LogP contribution < -0.4 is 26.2 Å². The number of amides is 1. The molecule has 0 spiro atoms. The number of nitrogens with zero attached hydrogens (tertiary/aromatic N) is 5. The summed E-state index contributed by atoms with van der Waals surface area (Å²) in [6, 6.07) is 9.16. The van der Waals surface area contributed by atoms with Gasteiger partial charge < -0.3 is 35.6 Å². The number of pyridine rings is 1. The second kappa shape index (κ2) is 10.3. The minimum atomic E-state index is -0.957. The van der Waals surface area contributed by atoms with Crippen LogP contribution in [-0.2, 0) is 16.1 Å². The minimum absolute atomic E-state index is 0.254. The van der Waals surface area contributed by atoms with Crippen molar-refractivity contribution in [3.05, 3.63) is 47.9 Å². The molecule has 11 heteroatoms. The Hall–Kier alpha value is -3.60. The normalized spacial score (nSPS) is 16.5. The first kappa shape index (κ1) is 22.6. The molecule has 1 aromatic heterocycles. The van der Waals surface area contributed by atoms with Gasteiger partial charge in [-0.25, -0.2) is 14.2 Å².